The summed E-state index contributed by atoms with van der Waals surface area (Å²) in [6.07, 6.45) is 2.68. The van der Waals surface area contributed by atoms with Crippen LogP contribution in [0.5, 0.6) is 0 Å². The van der Waals surface area contributed by atoms with Crippen molar-refractivity contribution in [2.45, 2.75) is 38.9 Å². The second kappa shape index (κ2) is 5.35. The van der Waals surface area contributed by atoms with Gasteiger partial charge in [0.25, 0.3) is 0 Å². The monoisotopic (exact) mass is 272 g/mol. The van der Waals surface area contributed by atoms with E-state index in [9.17, 15) is 0 Å². The molecule has 0 atom stereocenters. The first kappa shape index (κ1) is 12.7. The van der Waals surface area contributed by atoms with Gasteiger partial charge in [-0.15, -0.1) is 11.3 Å². The zero-order valence-electron chi connectivity index (χ0n) is 11.3. The fraction of sp³-hybridized carbons (Fsp3) is 0.375. The number of hydrogen-bond acceptors (Lipinski definition) is 3. The molecule has 1 aromatic carbocycles. The Morgan fingerprint density at radius 1 is 1.26 bits per heavy atom. The quantitative estimate of drug-likeness (QED) is 0.839. The van der Waals surface area contributed by atoms with Crippen LogP contribution in [-0.4, -0.2) is 10.9 Å². The molecule has 100 valence electrons. The summed E-state index contributed by atoms with van der Waals surface area (Å²) in [5, 5.41) is 2.16. The topological polar surface area (TPSA) is 29.3 Å². The van der Waals surface area contributed by atoms with Gasteiger partial charge in [-0.2, -0.15) is 0 Å². The summed E-state index contributed by atoms with van der Waals surface area (Å²) < 4.78 is 0. The number of nitrogens with zero attached hydrogens (tertiary/aromatic N) is 1. The number of nitrogen functional groups attached to an aromatic ring is 1. The molecule has 0 bridgehead atoms. The van der Waals surface area contributed by atoms with Gasteiger partial charge in [0.1, 0.15) is 0 Å². The third kappa shape index (κ3) is 3.17. The van der Waals surface area contributed by atoms with Gasteiger partial charge >= 0.3 is 0 Å². The highest BCUT2D eigenvalue weighted by atomic mass is 32.1. The molecule has 0 spiro atoms. The zero-order chi connectivity index (χ0) is 13.2. The van der Waals surface area contributed by atoms with Crippen molar-refractivity contribution in [3.8, 4) is 0 Å². The van der Waals surface area contributed by atoms with E-state index in [1.807, 2.05) is 11.3 Å². The highest BCUT2D eigenvalue weighted by Crippen LogP contribution is 2.31. The molecule has 1 aliphatic rings. The average molecular weight is 272 g/mol. The van der Waals surface area contributed by atoms with Gasteiger partial charge in [-0.1, -0.05) is 18.2 Å². The molecule has 1 aromatic heterocycles. The summed E-state index contributed by atoms with van der Waals surface area (Å²) in [5.74, 6) is 0. The molecule has 19 heavy (non-hydrogen) atoms. The Labute approximate surface area is 118 Å². The molecule has 3 heteroatoms. The number of aryl methyl sites for hydroxylation is 1. The van der Waals surface area contributed by atoms with E-state index >= 15 is 0 Å². The summed E-state index contributed by atoms with van der Waals surface area (Å²) in [4.78, 5) is 4.03. The minimum atomic E-state index is 0.768. The molecular formula is C16H20N2S. The minimum Gasteiger partial charge on any atom is -0.399 e. The Balaban J connectivity index is 1.72. The maximum absolute atomic E-state index is 6.01. The largest absolute Gasteiger partial charge is 0.399 e. The van der Waals surface area contributed by atoms with Crippen molar-refractivity contribution < 1.29 is 0 Å². The molecule has 1 aliphatic carbocycles. The molecule has 2 nitrogen and oxygen atoms in total. The van der Waals surface area contributed by atoms with Gasteiger partial charge in [0.05, 0.1) is 0 Å². The van der Waals surface area contributed by atoms with Gasteiger partial charge in [0.2, 0.25) is 0 Å². The Bertz CT molecular complexity index is 544. The van der Waals surface area contributed by atoms with Crippen molar-refractivity contribution in [3.05, 3.63) is 51.7 Å². The Morgan fingerprint density at radius 3 is 2.74 bits per heavy atom. The number of hydrogen-bond donors (Lipinski definition) is 1. The predicted molar refractivity (Wildman–Crippen MR) is 82.2 cm³/mol. The molecule has 1 heterocycles. The summed E-state index contributed by atoms with van der Waals surface area (Å²) >= 11 is 1.85. The molecule has 0 radical (unpaired) electrons. The molecule has 1 saturated carbocycles. The van der Waals surface area contributed by atoms with Crippen molar-refractivity contribution in [1.29, 1.82) is 0 Å². The zero-order valence-corrected chi connectivity index (χ0v) is 12.1. The highest BCUT2D eigenvalue weighted by molar-refractivity contribution is 7.09. The lowest BCUT2D eigenvalue weighted by Crippen LogP contribution is -2.24. The van der Waals surface area contributed by atoms with Crippen molar-refractivity contribution in [1.82, 2.24) is 4.90 Å². The molecule has 0 aliphatic heterocycles. The van der Waals surface area contributed by atoms with E-state index in [0.717, 1.165) is 24.8 Å². The van der Waals surface area contributed by atoms with Crippen LogP contribution in [0.2, 0.25) is 0 Å². The van der Waals surface area contributed by atoms with Gasteiger partial charge in [-0.25, -0.2) is 0 Å². The lowest BCUT2D eigenvalue weighted by molar-refractivity contribution is 0.248. The molecule has 0 unspecified atom stereocenters. The summed E-state index contributed by atoms with van der Waals surface area (Å²) in [5.41, 5.74) is 9.41. The van der Waals surface area contributed by atoms with Crippen molar-refractivity contribution in [2.24, 2.45) is 0 Å². The number of benzene rings is 1. The Kier molecular flexibility index (Phi) is 3.58. The van der Waals surface area contributed by atoms with E-state index in [-0.39, 0.29) is 0 Å². The van der Waals surface area contributed by atoms with Gasteiger partial charge in [-0.3, -0.25) is 4.90 Å². The SMILES string of the molecule is Cc1ccc(CN(Cc2cccs2)C2CC2)cc1N. The van der Waals surface area contributed by atoms with Crippen LogP contribution in [0.4, 0.5) is 5.69 Å². The van der Waals surface area contributed by atoms with E-state index < -0.39 is 0 Å². The van der Waals surface area contributed by atoms with Gasteiger partial charge < -0.3 is 5.73 Å². The first-order valence-corrected chi connectivity index (χ1v) is 7.72. The van der Waals surface area contributed by atoms with Crippen LogP contribution < -0.4 is 5.73 Å². The van der Waals surface area contributed by atoms with Crippen LogP contribution in [0.25, 0.3) is 0 Å². The number of anilines is 1. The predicted octanol–water partition coefficient (Wildman–Crippen LogP) is 3.80. The van der Waals surface area contributed by atoms with Crippen LogP contribution in [-0.2, 0) is 13.1 Å². The molecule has 0 saturated heterocycles. The van der Waals surface area contributed by atoms with Crippen molar-refractivity contribution in [2.75, 3.05) is 5.73 Å². The number of thiophene rings is 1. The molecule has 2 aromatic rings. The first-order chi connectivity index (χ1) is 9.22. The molecule has 2 N–H and O–H groups in total. The van der Waals surface area contributed by atoms with Crippen LogP contribution in [0, 0.1) is 6.92 Å². The van der Waals surface area contributed by atoms with Gasteiger partial charge in [-0.05, 0) is 48.4 Å². The van der Waals surface area contributed by atoms with Gasteiger partial charge in [0, 0.05) is 29.7 Å². The van der Waals surface area contributed by atoms with E-state index in [2.05, 4.69) is 47.5 Å². The van der Waals surface area contributed by atoms with E-state index in [4.69, 9.17) is 5.73 Å². The van der Waals surface area contributed by atoms with E-state index in [1.54, 1.807) is 0 Å². The highest BCUT2D eigenvalue weighted by Gasteiger charge is 2.29. The number of rotatable bonds is 5. The standard InChI is InChI=1S/C16H20N2S/c1-12-4-5-13(9-16(12)17)10-18(14-6-7-14)11-15-3-2-8-19-15/h2-5,8-9,14H,6-7,10-11,17H2,1H3. The normalized spacial score (nSPS) is 15.1. The second-order valence-corrected chi connectivity index (χ2v) is 6.44. The van der Waals surface area contributed by atoms with Gasteiger partial charge in [0.15, 0.2) is 0 Å². The molecule has 3 rings (SSSR count). The minimum absolute atomic E-state index is 0.768. The van der Waals surface area contributed by atoms with Crippen molar-refractivity contribution in [3.63, 3.8) is 0 Å². The Morgan fingerprint density at radius 2 is 2.11 bits per heavy atom. The number of nitrogens with two attached hydrogens (primary N) is 1. The second-order valence-electron chi connectivity index (χ2n) is 5.41. The average Bonchev–Trinajstić information content (AvgIpc) is 3.12. The maximum atomic E-state index is 6.01. The third-order valence-electron chi connectivity index (χ3n) is 3.73. The van der Waals surface area contributed by atoms with E-state index in [0.29, 0.717) is 0 Å². The summed E-state index contributed by atoms with van der Waals surface area (Å²) in [6.45, 7) is 4.13. The lowest BCUT2D eigenvalue weighted by Gasteiger charge is -2.21. The molecular weight excluding hydrogens is 252 g/mol. The fourth-order valence-corrected chi connectivity index (χ4v) is 3.11. The van der Waals surface area contributed by atoms with Crippen LogP contribution >= 0.6 is 11.3 Å². The van der Waals surface area contributed by atoms with Crippen molar-refractivity contribution >= 4 is 17.0 Å². The Hall–Kier alpha value is -1.32. The fourth-order valence-electron chi connectivity index (χ4n) is 2.38. The third-order valence-corrected chi connectivity index (χ3v) is 4.59. The summed E-state index contributed by atoms with van der Waals surface area (Å²) in [7, 11) is 0. The smallest absolute Gasteiger partial charge is 0.0346 e. The molecule has 0 amide bonds. The molecule has 1 fully saturated rings. The first-order valence-electron chi connectivity index (χ1n) is 6.84. The van der Waals surface area contributed by atoms with E-state index in [1.165, 1.54) is 28.8 Å². The van der Waals surface area contributed by atoms with Crippen LogP contribution in [0.3, 0.4) is 0 Å². The summed E-state index contributed by atoms with van der Waals surface area (Å²) in [6, 6.07) is 11.6. The van der Waals surface area contributed by atoms with Crippen LogP contribution in [0.15, 0.2) is 35.7 Å². The maximum Gasteiger partial charge on any atom is 0.0346 e. The van der Waals surface area contributed by atoms with Crippen LogP contribution in [0.1, 0.15) is 28.8 Å². The lowest BCUT2D eigenvalue weighted by atomic mass is 10.1.